The number of hydrogen-bond acceptors (Lipinski definition) is 3. The van der Waals surface area contributed by atoms with Gasteiger partial charge < -0.3 is 14.6 Å². The van der Waals surface area contributed by atoms with E-state index in [0.717, 1.165) is 11.1 Å². The number of phenols is 1. The lowest BCUT2D eigenvalue weighted by Crippen LogP contribution is -1.93. The van der Waals surface area contributed by atoms with Crippen molar-refractivity contribution in [3.05, 3.63) is 42.5 Å². The molecule has 0 aromatic heterocycles. The van der Waals surface area contributed by atoms with Gasteiger partial charge in [-0.05, 0) is 17.7 Å². The summed E-state index contributed by atoms with van der Waals surface area (Å²) in [6, 6.07) is 13.3. The third-order valence-corrected chi connectivity index (χ3v) is 2.58. The van der Waals surface area contributed by atoms with Crippen LogP contribution in [-0.2, 0) is 0 Å². The topological polar surface area (TPSA) is 38.7 Å². The van der Waals surface area contributed by atoms with Crippen LogP contribution in [0, 0.1) is 0 Å². The van der Waals surface area contributed by atoms with E-state index in [9.17, 15) is 5.11 Å². The quantitative estimate of drug-likeness (QED) is 0.793. The average molecular weight is 214 g/mol. The van der Waals surface area contributed by atoms with E-state index in [0.29, 0.717) is 11.5 Å². The van der Waals surface area contributed by atoms with Gasteiger partial charge in [-0.1, -0.05) is 30.3 Å². The second-order valence-electron chi connectivity index (χ2n) is 3.56. The lowest BCUT2D eigenvalue weighted by atomic mass is 10.0. The lowest BCUT2D eigenvalue weighted by molar-refractivity contribution is 0.171. The van der Waals surface area contributed by atoms with Crippen molar-refractivity contribution in [1.82, 2.24) is 0 Å². The van der Waals surface area contributed by atoms with Crippen LogP contribution in [0.1, 0.15) is 0 Å². The molecule has 0 saturated carbocycles. The maximum absolute atomic E-state index is 9.60. The predicted molar refractivity (Wildman–Crippen MR) is 59.7 cm³/mol. The summed E-state index contributed by atoms with van der Waals surface area (Å²) >= 11 is 0. The molecule has 3 heteroatoms. The zero-order valence-electron chi connectivity index (χ0n) is 8.51. The van der Waals surface area contributed by atoms with Crippen LogP contribution < -0.4 is 9.47 Å². The molecule has 1 aliphatic heterocycles. The number of aromatic hydroxyl groups is 1. The third kappa shape index (κ3) is 1.29. The minimum Gasteiger partial charge on any atom is -0.504 e. The summed E-state index contributed by atoms with van der Waals surface area (Å²) in [5, 5.41) is 9.60. The van der Waals surface area contributed by atoms with Crippen molar-refractivity contribution < 1.29 is 14.6 Å². The van der Waals surface area contributed by atoms with Crippen molar-refractivity contribution in [3.63, 3.8) is 0 Å². The van der Waals surface area contributed by atoms with Crippen LogP contribution in [0.3, 0.4) is 0 Å². The summed E-state index contributed by atoms with van der Waals surface area (Å²) in [4.78, 5) is 0. The average Bonchev–Trinajstić information content (AvgIpc) is 2.81. The van der Waals surface area contributed by atoms with Gasteiger partial charge in [0.2, 0.25) is 12.5 Å². The van der Waals surface area contributed by atoms with E-state index >= 15 is 0 Å². The summed E-state index contributed by atoms with van der Waals surface area (Å²) in [6.45, 7) is 0.159. The fraction of sp³-hybridized carbons (Fsp3) is 0.0769. The Labute approximate surface area is 92.9 Å². The molecule has 16 heavy (non-hydrogen) atoms. The summed E-state index contributed by atoms with van der Waals surface area (Å²) in [5.74, 6) is 1.17. The molecule has 0 bridgehead atoms. The summed E-state index contributed by atoms with van der Waals surface area (Å²) in [6.07, 6.45) is 0. The second-order valence-corrected chi connectivity index (χ2v) is 3.56. The number of hydrogen-bond donors (Lipinski definition) is 1. The molecule has 0 saturated heterocycles. The molecule has 0 atom stereocenters. The van der Waals surface area contributed by atoms with Crippen molar-refractivity contribution in [2.75, 3.05) is 6.79 Å². The van der Waals surface area contributed by atoms with Crippen molar-refractivity contribution in [2.24, 2.45) is 0 Å². The standard InChI is InChI=1S/C13H10O3/c14-11-7-6-10(9-4-2-1-3-5-9)12-13(11)16-8-15-12/h1-7,14H,8H2. The molecule has 0 aliphatic carbocycles. The van der Waals surface area contributed by atoms with Crippen molar-refractivity contribution in [3.8, 4) is 28.4 Å². The molecule has 0 amide bonds. The Hall–Kier alpha value is -2.16. The van der Waals surface area contributed by atoms with Crippen LogP contribution in [0.4, 0.5) is 0 Å². The van der Waals surface area contributed by atoms with Gasteiger partial charge in [0.15, 0.2) is 11.5 Å². The first kappa shape index (κ1) is 9.09. The summed E-state index contributed by atoms with van der Waals surface area (Å²) in [5.41, 5.74) is 1.98. The summed E-state index contributed by atoms with van der Waals surface area (Å²) < 4.78 is 10.6. The van der Waals surface area contributed by atoms with E-state index in [1.165, 1.54) is 0 Å². The first-order valence-electron chi connectivity index (χ1n) is 5.03. The highest BCUT2D eigenvalue weighted by atomic mass is 16.7. The lowest BCUT2D eigenvalue weighted by Gasteiger charge is -2.06. The fourth-order valence-electron chi connectivity index (χ4n) is 1.83. The van der Waals surface area contributed by atoms with Crippen LogP contribution in [-0.4, -0.2) is 11.9 Å². The molecule has 0 radical (unpaired) electrons. The van der Waals surface area contributed by atoms with E-state index in [-0.39, 0.29) is 12.5 Å². The Morgan fingerprint density at radius 3 is 2.44 bits per heavy atom. The SMILES string of the molecule is Oc1ccc(-c2ccccc2)c2c1OCO2. The molecule has 3 rings (SSSR count). The molecule has 1 aliphatic rings. The normalized spacial score (nSPS) is 12.8. The molecule has 2 aromatic carbocycles. The van der Waals surface area contributed by atoms with Crippen molar-refractivity contribution >= 4 is 0 Å². The van der Waals surface area contributed by atoms with Crippen LogP contribution in [0.15, 0.2) is 42.5 Å². The van der Waals surface area contributed by atoms with Gasteiger partial charge >= 0.3 is 0 Å². The predicted octanol–water partition coefficient (Wildman–Crippen LogP) is 2.79. The molecule has 0 unspecified atom stereocenters. The van der Waals surface area contributed by atoms with E-state index in [1.54, 1.807) is 6.07 Å². The Bertz CT molecular complexity index is 520. The van der Waals surface area contributed by atoms with Crippen LogP contribution in [0.5, 0.6) is 17.2 Å². The number of ether oxygens (including phenoxy) is 2. The van der Waals surface area contributed by atoms with Crippen molar-refractivity contribution in [2.45, 2.75) is 0 Å². The molecule has 0 spiro atoms. The second kappa shape index (κ2) is 3.45. The highest BCUT2D eigenvalue weighted by Gasteiger charge is 2.22. The van der Waals surface area contributed by atoms with Gasteiger partial charge in [-0.15, -0.1) is 0 Å². The minimum absolute atomic E-state index is 0.118. The molecule has 2 aromatic rings. The highest BCUT2D eigenvalue weighted by Crippen LogP contribution is 2.46. The third-order valence-electron chi connectivity index (χ3n) is 2.58. The van der Waals surface area contributed by atoms with Gasteiger partial charge in [-0.25, -0.2) is 0 Å². The van der Waals surface area contributed by atoms with E-state index in [2.05, 4.69) is 0 Å². The van der Waals surface area contributed by atoms with Crippen LogP contribution in [0.25, 0.3) is 11.1 Å². The molecule has 0 fully saturated rings. The number of benzene rings is 2. The van der Waals surface area contributed by atoms with E-state index in [4.69, 9.17) is 9.47 Å². The Morgan fingerprint density at radius 2 is 1.62 bits per heavy atom. The molecule has 1 heterocycles. The number of fused-ring (bicyclic) bond motifs is 1. The van der Waals surface area contributed by atoms with Gasteiger partial charge in [-0.2, -0.15) is 0 Å². The maximum Gasteiger partial charge on any atom is 0.231 e. The largest absolute Gasteiger partial charge is 0.504 e. The zero-order valence-corrected chi connectivity index (χ0v) is 8.51. The van der Waals surface area contributed by atoms with Crippen molar-refractivity contribution in [1.29, 1.82) is 0 Å². The highest BCUT2D eigenvalue weighted by molar-refractivity contribution is 5.76. The molecular formula is C13H10O3. The van der Waals surface area contributed by atoms with Gasteiger partial charge in [0.25, 0.3) is 0 Å². The monoisotopic (exact) mass is 214 g/mol. The van der Waals surface area contributed by atoms with Crippen LogP contribution >= 0.6 is 0 Å². The maximum atomic E-state index is 9.60. The first-order chi connectivity index (χ1) is 7.86. The van der Waals surface area contributed by atoms with Gasteiger partial charge in [0.1, 0.15) is 0 Å². The Kier molecular flexibility index (Phi) is 1.96. The van der Waals surface area contributed by atoms with Crippen LogP contribution in [0.2, 0.25) is 0 Å². The molecular weight excluding hydrogens is 204 g/mol. The Morgan fingerprint density at radius 1 is 0.875 bits per heavy atom. The molecule has 80 valence electrons. The molecule has 3 nitrogen and oxygen atoms in total. The van der Waals surface area contributed by atoms with Gasteiger partial charge in [-0.3, -0.25) is 0 Å². The zero-order chi connectivity index (χ0) is 11.0. The van der Waals surface area contributed by atoms with E-state index < -0.39 is 0 Å². The van der Waals surface area contributed by atoms with E-state index in [1.807, 2.05) is 36.4 Å². The van der Waals surface area contributed by atoms with Gasteiger partial charge in [0, 0.05) is 5.56 Å². The summed E-state index contributed by atoms with van der Waals surface area (Å²) in [7, 11) is 0. The number of rotatable bonds is 1. The molecule has 1 N–H and O–H groups in total. The van der Waals surface area contributed by atoms with Gasteiger partial charge in [0.05, 0.1) is 0 Å². The Balaban J connectivity index is 2.20. The first-order valence-corrected chi connectivity index (χ1v) is 5.03. The smallest absolute Gasteiger partial charge is 0.231 e. The minimum atomic E-state index is 0.118. The number of phenolic OH excluding ortho intramolecular Hbond substituents is 1. The fourth-order valence-corrected chi connectivity index (χ4v) is 1.83.